The first kappa shape index (κ1) is 15.3. The summed E-state index contributed by atoms with van der Waals surface area (Å²) in [6.45, 7) is 2.75. The van der Waals surface area contributed by atoms with Crippen LogP contribution in [0, 0.1) is 5.92 Å². The molecule has 2 rings (SSSR count). The third-order valence-corrected chi connectivity index (χ3v) is 4.21. The largest absolute Gasteiger partial charge is 0.467 e. The number of amides is 1. The zero-order valence-corrected chi connectivity index (χ0v) is 12.1. The number of carbonyl (C=O) groups excluding carboxylic acids is 2. The highest BCUT2D eigenvalue weighted by atomic mass is 16.5. The van der Waals surface area contributed by atoms with Crippen molar-refractivity contribution < 1.29 is 19.1 Å². The number of piperidine rings is 1. The zero-order valence-electron chi connectivity index (χ0n) is 12.1. The van der Waals surface area contributed by atoms with Crippen LogP contribution >= 0.6 is 0 Å². The van der Waals surface area contributed by atoms with E-state index in [1.165, 1.54) is 7.11 Å². The van der Waals surface area contributed by atoms with Gasteiger partial charge in [-0.25, -0.2) is 4.79 Å². The number of carbonyl (C=O) groups is 2. The summed E-state index contributed by atoms with van der Waals surface area (Å²) >= 11 is 0. The normalized spacial score (nSPS) is 27.2. The number of rotatable bonds is 5. The van der Waals surface area contributed by atoms with Crippen LogP contribution in [-0.4, -0.2) is 50.8 Å². The number of hydrogen-bond donors (Lipinski definition) is 2. The summed E-state index contributed by atoms with van der Waals surface area (Å²) < 4.78 is 10.0. The molecule has 1 atom stereocenters. The van der Waals surface area contributed by atoms with Gasteiger partial charge >= 0.3 is 5.97 Å². The quantitative estimate of drug-likeness (QED) is 0.706. The van der Waals surface area contributed by atoms with Gasteiger partial charge in [0.1, 0.15) is 0 Å². The lowest BCUT2D eigenvalue weighted by Gasteiger charge is -2.26. The number of hydrogen-bond acceptors (Lipinski definition) is 5. The smallest absolute Gasteiger partial charge is 0.334 e. The molecule has 6 nitrogen and oxygen atoms in total. The molecule has 2 N–H and O–H groups in total. The van der Waals surface area contributed by atoms with E-state index >= 15 is 0 Å². The molecule has 2 aliphatic heterocycles. The van der Waals surface area contributed by atoms with Crippen LogP contribution in [0.15, 0.2) is 0 Å². The van der Waals surface area contributed by atoms with Crippen molar-refractivity contribution in [3.8, 4) is 0 Å². The van der Waals surface area contributed by atoms with Crippen molar-refractivity contribution in [1.29, 1.82) is 0 Å². The predicted molar refractivity (Wildman–Crippen MR) is 73.2 cm³/mol. The van der Waals surface area contributed by atoms with Crippen LogP contribution in [0.5, 0.6) is 0 Å². The Labute approximate surface area is 119 Å². The molecular weight excluding hydrogens is 260 g/mol. The second kappa shape index (κ2) is 7.04. The molecule has 0 bridgehead atoms. The van der Waals surface area contributed by atoms with Crippen LogP contribution in [0.4, 0.5) is 0 Å². The maximum atomic E-state index is 12.1. The van der Waals surface area contributed by atoms with Crippen LogP contribution in [-0.2, 0) is 19.1 Å². The summed E-state index contributed by atoms with van der Waals surface area (Å²) in [5.74, 6) is 0.112. The summed E-state index contributed by atoms with van der Waals surface area (Å²) in [5, 5.41) is 6.14. The molecule has 0 aromatic heterocycles. The Hall–Kier alpha value is -1.14. The van der Waals surface area contributed by atoms with Gasteiger partial charge in [0.05, 0.1) is 13.7 Å². The lowest BCUT2D eigenvalue weighted by atomic mass is 9.92. The molecule has 20 heavy (non-hydrogen) atoms. The Morgan fingerprint density at radius 1 is 1.40 bits per heavy atom. The highest BCUT2D eigenvalue weighted by Gasteiger charge is 2.44. The average molecular weight is 284 g/mol. The molecule has 1 amide bonds. The molecule has 2 fully saturated rings. The number of methoxy groups -OCH3 is 1. The summed E-state index contributed by atoms with van der Waals surface area (Å²) in [7, 11) is 1.34. The van der Waals surface area contributed by atoms with Gasteiger partial charge < -0.3 is 20.1 Å². The van der Waals surface area contributed by atoms with Gasteiger partial charge in [0.2, 0.25) is 5.91 Å². The van der Waals surface area contributed by atoms with E-state index < -0.39 is 11.5 Å². The molecule has 2 aliphatic rings. The maximum Gasteiger partial charge on any atom is 0.334 e. The molecule has 6 heteroatoms. The Balaban J connectivity index is 1.81. The molecule has 2 saturated heterocycles. The van der Waals surface area contributed by atoms with Gasteiger partial charge in [0.15, 0.2) is 5.54 Å². The van der Waals surface area contributed by atoms with E-state index in [1.807, 2.05) is 0 Å². The molecule has 0 spiro atoms. The Morgan fingerprint density at radius 2 is 2.15 bits per heavy atom. The lowest BCUT2D eigenvalue weighted by Crippen LogP contribution is -2.55. The fourth-order valence-corrected chi connectivity index (χ4v) is 2.91. The van der Waals surface area contributed by atoms with Gasteiger partial charge in [-0.05, 0) is 38.3 Å². The monoisotopic (exact) mass is 284 g/mol. The number of esters is 1. The van der Waals surface area contributed by atoms with Crippen molar-refractivity contribution in [2.75, 3.05) is 33.4 Å². The highest BCUT2D eigenvalue weighted by molar-refractivity contribution is 5.88. The predicted octanol–water partition coefficient (Wildman–Crippen LogP) is 0.214. The van der Waals surface area contributed by atoms with E-state index in [1.54, 1.807) is 0 Å². The summed E-state index contributed by atoms with van der Waals surface area (Å²) in [4.78, 5) is 23.9. The van der Waals surface area contributed by atoms with Gasteiger partial charge in [0, 0.05) is 19.4 Å². The molecule has 0 radical (unpaired) electrons. The highest BCUT2D eigenvalue weighted by Crippen LogP contribution is 2.22. The molecule has 0 aliphatic carbocycles. The van der Waals surface area contributed by atoms with Crippen molar-refractivity contribution in [2.24, 2.45) is 5.92 Å². The van der Waals surface area contributed by atoms with Crippen LogP contribution in [0.3, 0.4) is 0 Å². The Bertz CT molecular complexity index is 347. The summed E-state index contributed by atoms with van der Waals surface area (Å²) in [6, 6.07) is 0. The second-order valence-corrected chi connectivity index (χ2v) is 5.66. The van der Waals surface area contributed by atoms with E-state index in [0.717, 1.165) is 32.4 Å². The molecule has 114 valence electrons. The van der Waals surface area contributed by atoms with Gasteiger partial charge in [-0.3, -0.25) is 4.79 Å². The van der Waals surface area contributed by atoms with E-state index in [4.69, 9.17) is 9.47 Å². The fraction of sp³-hybridized carbons (Fsp3) is 0.857. The van der Waals surface area contributed by atoms with Crippen molar-refractivity contribution in [3.63, 3.8) is 0 Å². The van der Waals surface area contributed by atoms with E-state index in [-0.39, 0.29) is 12.5 Å². The molecule has 1 unspecified atom stereocenters. The molecular formula is C14H24N2O4. The summed E-state index contributed by atoms with van der Waals surface area (Å²) in [6.07, 6.45) is 4.07. The second-order valence-electron chi connectivity index (χ2n) is 5.66. The lowest BCUT2D eigenvalue weighted by molar-refractivity contribution is -0.151. The molecule has 0 saturated carbocycles. The van der Waals surface area contributed by atoms with Gasteiger partial charge in [-0.2, -0.15) is 0 Å². The standard InChI is InChI=1S/C14H24N2O4/c1-19-13(18)14(6-9-20-10-14)16-12(17)3-2-11-4-7-15-8-5-11/h11,15H,2-10H2,1H3,(H,16,17). The fourth-order valence-electron chi connectivity index (χ4n) is 2.91. The Morgan fingerprint density at radius 3 is 2.75 bits per heavy atom. The zero-order chi connectivity index (χ0) is 14.4. The van der Waals surface area contributed by atoms with E-state index in [9.17, 15) is 9.59 Å². The first-order valence-electron chi connectivity index (χ1n) is 7.34. The maximum absolute atomic E-state index is 12.1. The third-order valence-electron chi connectivity index (χ3n) is 4.21. The minimum absolute atomic E-state index is 0.0839. The number of ether oxygens (including phenoxy) is 2. The van der Waals surface area contributed by atoms with Crippen molar-refractivity contribution in [1.82, 2.24) is 10.6 Å². The topological polar surface area (TPSA) is 76.7 Å². The van der Waals surface area contributed by atoms with Crippen LogP contribution in [0.2, 0.25) is 0 Å². The first-order valence-corrected chi connectivity index (χ1v) is 7.34. The average Bonchev–Trinajstić information content (AvgIpc) is 2.95. The molecule has 0 aromatic rings. The first-order chi connectivity index (χ1) is 9.66. The van der Waals surface area contributed by atoms with E-state index in [0.29, 0.717) is 25.4 Å². The van der Waals surface area contributed by atoms with Crippen LogP contribution in [0.25, 0.3) is 0 Å². The van der Waals surface area contributed by atoms with Gasteiger partial charge in [-0.1, -0.05) is 0 Å². The van der Waals surface area contributed by atoms with Crippen molar-refractivity contribution in [3.05, 3.63) is 0 Å². The third kappa shape index (κ3) is 3.70. The van der Waals surface area contributed by atoms with Gasteiger partial charge in [-0.15, -0.1) is 0 Å². The van der Waals surface area contributed by atoms with Crippen LogP contribution in [0.1, 0.15) is 32.1 Å². The summed E-state index contributed by atoms with van der Waals surface area (Å²) in [5.41, 5.74) is -0.972. The van der Waals surface area contributed by atoms with Gasteiger partial charge in [0.25, 0.3) is 0 Å². The van der Waals surface area contributed by atoms with E-state index in [2.05, 4.69) is 10.6 Å². The van der Waals surface area contributed by atoms with Crippen molar-refractivity contribution in [2.45, 2.75) is 37.6 Å². The van der Waals surface area contributed by atoms with Crippen LogP contribution < -0.4 is 10.6 Å². The molecule has 2 heterocycles. The number of nitrogens with one attached hydrogen (secondary N) is 2. The SMILES string of the molecule is COC(=O)C1(NC(=O)CCC2CCNCC2)CCOC1. The molecule has 0 aromatic carbocycles. The Kier molecular flexibility index (Phi) is 5.37. The minimum Gasteiger partial charge on any atom is -0.467 e. The van der Waals surface area contributed by atoms with Crippen molar-refractivity contribution >= 4 is 11.9 Å². The minimum atomic E-state index is -0.972.